The molecule has 6 rings (SSSR count). The number of rotatable bonds is 9. The monoisotopic (exact) mass is 589 g/mol. The van der Waals surface area contributed by atoms with Crippen LogP contribution in [-0.4, -0.2) is 56.4 Å². The minimum Gasteiger partial charge on any atom is -0.394 e. The van der Waals surface area contributed by atoms with Gasteiger partial charge in [-0.2, -0.15) is 0 Å². The van der Waals surface area contributed by atoms with Gasteiger partial charge in [-0.1, -0.05) is 72.3 Å². The van der Waals surface area contributed by atoms with E-state index in [1.54, 1.807) is 40.9 Å². The van der Waals surface area contributed by atoms with Crippen molar-refractivity contribution in [1.29, 1.82) is 0 Å². The summed E-state index contributed by atoms with van der Waals surface area (Å²) < 4.78 is -0.753. The first-order valence-electron chi connectivity index (χ1n) is 13.9. The van der Waals surface area contributed by atoms with Crippen molar-refractivity contribution in [3.8, 4) is 0 Å². The van der Waals surface area contributed by atoms with Gasteiger partial charge < -0.3 is 20.6 Å². The number of likely N-dealkylation sites (tertiary alicyclic amines) is 1. The molecular formula is C32H32ClN3O4S. The van der Waals surface area contributed by atoms with Gasteiger partial charge >= 0.3 is 0 Å². The van der Waals surface area contributed by atoms with E-state index in [4.69, 9.17) is 11.6 Å². The quantitative estimate of drug-likeness (QED) is 0.346. The average molecular weight is 590 g/mol. The largest absolute Gasteiger partial charge is 0.394 e. The Morgan fingerprint density at radius 2 is 1.63 bits per heavy atom. The van der Waals surface area contributed by atoms with Crippen molar-refractivity contribution in [2.75, 3.05) is 11.9 Å². The molecule has 3 fully saturated rings. The van der Waals surface area contributed by atoms with Gasteiger partial charge in [0.05, 0.1) is 29.2 Å². The van der Waals surface area contributed by atoms with Gasteiger partial charge in [-0.05, 0) is 54.7 Å². The third-order valence-electron chi connectivity index (χ3n) is 8.63. The molecule has 2 bridgehead atoms. The first kappa shape index (κ1) is 27.8. The standard InChI is InChI=1S/C32H32ClN3O4S/c33-22-11-13-23(14-12-22)35-30(39)28-32-16-15-25(41-32)26(29(38)34-18-21-9-5-2-6-10-21)27(32)31(40)36(28)24(19-37)17-20-7-3-1-4-8-20/h1-14,24-28,37H,15-19H2,(H,34,38)(H,35,39)/t24-,25-,26+,27+,28?,32?/m1/s1. The minimum atomic E-state index is -0.835. The molecule has 9 heteroatoms. The van der Waals surface area contributed by atoms with Crippen molar-refractivity contribution in [3.63, 3.8) is 0 Å². The van der Waals surface area contributed by atoms with Gasteiger partial charge in [0.2, 0.25) is 17.7 Å². The Balaban J connectivity index is 1.33. The average Bonchev–Trinajstić information content (AvgIpc) is 3.64. The van der Waals surface area contributed by atoms with E-state index < -0.39 is 28.7 Å². The van der Waals surface area contributed by atoms with E-state index in [1.165, 1.54) is 0 Å². The Morgan fingerprint density at radius 3 is 2.29 bits per heavy atom. The molecule has 3 saturated heterocycles. The molecule has 0 aromatic heterocycles. The molecule has 3 amide bonds. The highest BCUT2D eigenvalue weighted by Gasteiger charge is 2.74. The summed E-state index contributed by atoms with van der Waals surface area (Å²) in [7, 11) is 0. The first-order chi connectivity index (χ1) is 19.9. The number of hydrogen-bond acceptors (Lipinski definition) is 5. The SMILES string of the molecule is O=C(Nc1ccc(Cl)cc1)C1N([C@@H](CO)Cc2ccccc2)C(=O)[C@@H]2[C@@H](C(=O)NCc3ccccc3)[C@H]3CCC12S3. The van der Waals surface area contributed by atoms with E-state index >= 15 is 0 Å². The fourth-order valence-electron chi connectivity index (χ4n) is 6.87. The van der Waals surface area contributed by atoms with Gasteiger partial charge in [0.1, 0.15) is 6.04 Å². The van der Waals surface area contributed by atoms with Crippen LogP contribution >= 0.6 is 23.4 Å². The first-order valence-corrected chi connectivity index (χ1v) is 15.2. The molecule has 3 aliphatic heterocycles. The summed E-state index contributed by atoms with van der Waals surface area (Å²) in [6, 6.07) is 24.7. The number of carbonyl (C=O) groups is 3. The lowest BCUT2D eigenvalue weighted by atomic mass is 9.70. The number of anilines is 1. The molecule has 0 aliphatic carbocycles. The zero-order valence-electron chi connectivity index (χ0n) is 22.4. The van der Waals surface area contributed by atoms with Crippen LogP contribution in [0.4, 0.5) is 5.69 Å². The topological polar surface area (TPSA) is 98.7 Å². The number of benzene rings is 3. The van der Waals surface area contributed by atoms with E-state index in [9.17, 15) is 19.5 Å². The molecule has 1 spiro atoms. The van der Waals surface area contributed by atoms with Crippen LogP contribution in [0.15, 0.2) is 84.9 Å². The summed E-state index contributed by atoms with van der Waals surface area (Å²) in [6.07, 6.45) is 1.80. The van der Waals surface area contributed by atoms with Gasteiger partial charge in [0, 0.05) is 22.5 Å². The number of amides is 3. The summed E-state index contributed by atoms with van der Waals surface area (Å²) in [4.78, 5) is 43.8. The number of aliphatic hydroxyl groups is 1. The fourth-order valence-corrected chi connectivity index (χ4v) is 9.20. The Labute approximate surface area is 248 Å². The molecule has 0 saturated carbocycles. The lowest BCUT2D eigenvalue weighted by Gasteiger charge is -2.37. The van der Waals surface area contributed by atoms with Gasteiger partial charge in [-0.15, -0.1) is 11.8 Å². The number of nitrogens with one attached hydrogen (secondary N) is 2. The second-order valence-corrected chi connectivity index (χ2v) is 13.1. The molecule has 41 heavy (non-hydrogen) atoms. The van der Waals surface area contributed by atoms with Gasteiger partial charge in [-0.3, -0.25) is 14.4 Å². The summed E-state index contributed by atoms with van der Waals surface area (Å²) in [5.74, 6) is -1.89. The molecule has 0 radical (unpaired) electrons. The number of thioether (sulfide) groups is 1. The maximum Gasteiger partial charge on any atom is 0.248 e. The molecule has 212 valence electrons. The Morgan fingerprint density at radius 1 is 0.976 bits per heavy atom. The number of aliphatic hydroxyl groups excluding tert-OH is 1. The molecule has 3 aromatic carbocycles. The molecular weight excluding hydrogens is 558 g/mol. The number of fused-ring (bicyclic) bond motifs is 1. The van der Waals surface area contributed by atoms with Gasteiger partial charge in [0.25, 0.3) is 0 Å². The number of carbonyl (C=O) groups excluding carboxylic acids is 3. The van der Waals surface area contributed by atoms with Crippen LogP contribution in [0.1, 0.15) is 24.0 Å². The normalized spacial score (nSPS) is 27.0. The van der Waals surface area contributed by atoms with Gasteiger partial charge in [0.15, 0.2) is 0 Å². The van der Waals surface area contributed by atoms with E-state index in [2.05, 4.69) is 10.6 Å². The second-order valence-electron chi connectivity index (χ2n) is 11.0. The van der Waals surface area contributed by atoms with Crippen LogP contribution in [0.5, 0.6) is 0 Å². The van der Waals surface area contributed by atoms with Crippen molar-refractivity contribution in [2.45, 2.75) is 47.9 Å². The Hall–Kier alpha value is -3.33. The van der Waals surface area contributed by atoms with Crippen molar-refractivity contribution in [2.24, 2.45) is 11.8 Å². The van der Waals surface area contributed by atoms with Crippen LogP contribution in [0.25, 0.3) is 0 Å². The maximum atomic E-state index is 14.4. The molecule has 3 N–H and O–H groups in total. The predicted molar refractivity (Wildman–Crippen MR) is 160 cm³/mol. The van der Waals surface area contributed by atoms with Crippen LogP contribution in [0.3, 0.4) is 0 Å². The molecule has 3 aromatic rings. The Bertz CT molecular complexity index is 1420. The Kier molecular flexibility index (Phi) is 7.81. The molecule has 7 nitrogen and oxygen atoms in total. The number of hydrogen-bond donors (Lipinski definition) is 3. The zero-order chi connectivity index (χ0) is 28.6. The highest BCUT2D eigenvalue weighted by atomic mass is 35.5. The number of halogens is 1. The molecule has 2 unspecified atom stereocenters. The van der Waals surface area contributed by atoms with Crippen molar-refractivity contribution < 1.29 is 19.5 Å². The summed E-state index contributed by atoms with van der Waals surface area (Å²) in [6.45, 7) is 0.0755. The summed E-state index contributed by atoms with van der Waals surface area (Å²) in [5.41, 5.74) is 2.51. The van der Waals surface area contributed by atoms with Crippen molar-refractivity contribution in [3.05, 3.63) is 101 Å². The lowest BCUT2D eigenvalue weighted by Crippen LogP contribution is -2.55. The number of nitrogens with zero attached hydrogens (tertiary/aromatic N) is 1. The van der Waals surface area contributed by atoms with E-state index in [0.29, 0.717) is 30.1 Å². The minimum absolute atomic E-state index is 0.0468. The van der Waals surface area contributed by atoms with Crippen LogP contribution in [-0.2, 0) is 27.3 Å². The van der Waals surface area contributed by atoms with E-state index in [-0.39, 0.29) is 29.6 Å². The van der Waals surface area contributed by atoms with E-state index in [0.717, 1.165) is 17.5 Å². The van der Waals surface area contributed by atoms with E-state index in [1.807, 2.05) is 60.7 Å². The summed E-state index contributed by atoms with van der Waals surface area (Å²) >= 11 is 7.67. The van der Waals surface area contributed by atoms with Crippen LogP contribution < -0.4 is 10.6 Å². The van der Waals surface area contributed by atoms with Crippen molar-refractivity contribution >= 4 is 46.8 Å². The molecule has 3 heterocycles. The smallest absolute Gasteiger partial charge is 0.248 e. The predicted octanol–water partition coefficient (Wildman–Crippen LogP) is 4.29. The summed E-state index contributed by atoms with van der Waals surface area (Å²) in [5, 5.41) is 17.1. The van der Waals surface area contributed by atoms with Crippen LogP contribution in [0, 0.1) is 11.8 Å². The van der Waals surface area contributed by atoms with Crippen LogP contribution in [0.2, 0.25) is 5.02 Å². The molecule has 6 atom stereocenters. The third-order valence-corrected chi connectivity index (χ3v) is 10.8. The maximum absolute atomic E-state index is 14.4. The lowest BCUT2D eigenvalue weighted by molar-refractivity contribution is -0.142. The second kappa shape index (κ2) is 11.5. The highest BCUT2D eigenvalue weighted by molar-refractivity contribution is 8.02. The zero-order valence-corrected chi connectivity index (χ0v) is 24.0. The van der Waals surface area contributed by atoms with Gasteiger partial charge in [-0.25, -0.2) is 0 Å². The van der Waals surface area contributed by atoms with Crippen molar-refractivity contribution in [1.82, 2.24) is 10.2 Å². The molecule has 3 aliphatic rings. The fraction of sp³-hybridized carbons (Fsp3) is 0.344. The third kappa shape index (κ3) is 5.13. The highest BCUT2D eigenvalue weighted by Crippen LogP contribution is 2.66.